The quantitative estimate of drug-likeness (QED) is 0.767. The lowest BCUT2D eigenvalue weighted by Gasteiger charge is -2.22. The molecule has 1 aromatic rings. The first-order chi connectivity index (χ1) is 6.79. The lowest BCUT2D eigenvalue weighted by molar-refractivity contribution is -0.121. The molecule has 0 amide bonds. The number of hydrogen-bond acceptors (Lipinski definition) is 2. The van der Waals surface area contributed by atoms with Crippen molar-refractivity contribution in [2.45, 2.75) is 12.3 Å². The molecule has 0 aromatic heterocycles. The normalized spacial score (nSPS) is 22.4. The van der Waals surface area contributed by atoms with Gasteiger partial charge in [0, 0.05) is 24.5 Å². The predicted octanol–water partition coefficient (Wildman–Crippen LogP) is 1.99. The van der Waals surface area contributed by atoms with Gasteiger partial charge in [0.2, 0.25) is 0 Å². The zero-order chi connectivity index (χ0) is 9.97. The van der Waals surface area contributed by atoms with Gasteiger partial charge >= 0.3 is 0 Å². The Hall–Kier alpha value is -0.860. The molecular formula is C11H12ClNO. The molecule has 2 rings (SSSR count). The van der Waals surface area contributed by atoms with Crippen molar-refractivity contribution in [3.63, 3.8) is 0 Å². The highest BCUT2D eigenvalue weighted by Gasteiger charge is 2.24. The van der Waals surface area contributed by atoms with Gasteiger partial charge in [-0.15, -0.1) is 0 Å². The molecule has 0 radical (unpaired) electrons. The van der Waals surface area contributed by atoms with Crippen molar-refractivity contribution < 1.29 is 4.79 Å². The van der Waals surface area contributed by atoms with Gasteiger partial charge in [0.1, 0.15) is 5.78 Å². The number of hydrogen-bond donors (Lipinski definition) is 1. The zero-order valence-corrected chi connectivity index (χ0v) is 8.55. The maximum Gasteiger partial charge on any atom is 0.142 e. The van der Waals surface area contributed by atoms with Crippen LogP contribution in [0.25, 0.3) is 0 Å². The molecular weight excluding hydrogens is 198 g/mol. The van der Waals surface area contributed by atoms with E-state index in [1.165, 1.54) is 0 Å². The van der Waals surface area contributed by atoms with E-state index < -0.39 is 0 Å². The minimum atomic E-state index is -0.0579. The van der Waals surface area contributed by atoms with Gasteiger partial charge in [0.15, 0.2) is 0 Å². The van der Waals surface area contributed by atoms with E-state index in [1.807, 2.05) is 24.3 Å². The van der Waals surface area contributed by atoms with Crippen molar-refractivity contribution in [3.8, 4) is 0 Å². The van der Waals surface area contributed by atoms with E-state index in [2.05, 4.69) is 5.32 Å². The molecule has 1 atom stereocenters. The van der Waals surface area contributed by atoms with E-state index in [9.17, 15) is 4.79 Å². The molecule has 1 aliphatic heterocycles. The largest absolute Gasteiger partial charge is 0.315 e. The number of piperidine rings is 1. The topological polar surface area (TPSA) is 29.1 Å². The second-order valence-electron chi connectivity index (χ2n) is 3.49. The van der Waals surface area contributed by atoms with E-state index in [1.54, 1.807) is 0 Å². The molecule has 2 nitrogen and oxygen atoms in total. The fraction of sp³-hybridized carbons (Fsp3) is 0.364. The number of halogens is 1. The van der Waals surface area contributed by atoms with Crippen molar-refractivity contribution >= 4 is 17.4 Å². The smallest absolute Gasteiger partial charge is 0.142 e. The number of rotatable bonds is 1. The molecule has 0 bridgehead atoms. The van der Waals surface area contributed by atoms with Crippen LogP contribution in [0.15, 0.2) is 24.3 Å². The average Bonchev–Trinajstić information content (AvgIpc) is 2.20. The summed E-state index contributed by atoms with van der Waals surface area (Å²) < 4.78 is 0. The highest BCUT2D eigenvalue weighted by Crippen LogP contribution is 2.26. The minimum absolute atomic E-state index is 0.0579. The highest BCUT2D eigenvalue weighted by atomic mass is 35.5. The monoisotopic (exact) mass is 209 g/mol. The third-order valence-electron chi connectivity index (χ3n) is 2.57. The lowest BCUT2D eigenvalue weighted by atomic mass is 9.90. The van der Waals surface area contributed by atoms with Crippen molar-refractivity contribution in [1.82, 2.24) is 5.32 Å². The number of benzene rings is 1. The van der Waals surface area contributed by atoms with E-state index in [-0.39, 0.29) is 11.7 Å². The van der Waals surface area contributed by atoms with E-state index in [4.69, 9.17) is 11.6 Å². The summed E-state index contributed by atoms with van der Waals surface area (Å²) in [5, 5.41) is 3.90. The van der Waals surface area contributed by atoms with Crippen LogP contribution in [0.4, 0.5) is 0 Å². The second-order valence-corrected chi connectivity index (χ2v) is 3.90. The average molecular weight is 210 g/mol. The Kier molecular flexibility index (Phi) is 2.85. The van der Waals surface area contributed by atoms with Crippen molar-refractivity contribution in [2.24, 2.45) is 0 Å². The second kappa shape index (κ2) is 4.11. The zero-order valence-electron chi connectivity index (χ0n) is 7.79. The molecule has 0 saturated carbocycles. The fourth-order valence-corrected chi connectivity index (χ4v) is 2.05. The number of ketones is 1. The van der Waals surface area contributed by atoms with Crippen molar-refractivity contribution in [2.75, 3.05) is 13.1 Å². The predicted molar refractivity (Wildman–Crippen MR) is 56.7 cm³/mol. The van der Waals surface area contributed by atoms with Crippen LogP contribution in [-0.4, -0.2) is 18.9 Å². The fourth-order valence-electron chi connectivity index (χ4n) is 1.79. The van der Waals surface area contributed by atoms with E-state index >= 15 is 0 Å². The van der Waals surface area contributed by atoms with Gasteiger partial charge in [-0.3, -0.25) is 4.79 Å². The third kappa shape index (κ3) is 1.81. The molecule has 1 fully saturated rings. The number of carbonyl (C=O) groups excluding carboxylic acids is 1. The lowest BCUT2D eigenvalue weighted by Crippen LogP contribution is -2.35. The van der Waals surface area contributed by atoms with Crippen molar-refractivity contribution in [1.29, 1.82) is 0 Å². The minimum Gasteiger partial charge on any atom is -0.315 e. The Morgan fingerprint density at radius 1 is 1.36 bits per heavy atom. The van der Waals surface area contributed by atoms with Crippen LogP contribution in [0.3, 0.4) is 0 Å². The molecule has 1 aliphatic rings. The molecule has 74 valence electrons. The van der Waals surface area contributed by atoms with Crippen LogP contribution in [0.2, 0.25) is 5.02 Å². The number of Topliss-reactive ketones (excluding diaryl/α,β-unsaturated/α-hetero) is 1. The van der Waals surface area contributed by atoms with Crippen LogP contribution < -0.4 is 5.32 Å². The van der Waals surface area contributed by atoms with Crippen LogP contribution >= 0.6 is 11.6 Å². The number of carbonyl (C=O) groups is 1. The molecule has 14 heavy (non-hydrogen) atoms. The van der Waals surface area contributed by atoms with Gasteiger partial charge < -0.3 is 5.32 Å². The van der Waals surface area contributed by atoms with Crippen LogP contribution in [0, 0.1) is 0 Å². The van der Waals surface area contributed by atoms with E-state index in [0.29, 0.717) is 18.0 Å². The summed E-state index contributed by atoms with van der Waals surface area (Å²) in [6.45, 7) is 1.50. The van der Waals surface area contributed by atoms with Gasteiger partial charge in [-0.2, -0.15) is 0 Å². The molecule has 1 aromatic carbocycles. The van der Waals surface area contributed by atoms with Gasteiger partial charge in [0.25, 0.3) is 0 Å². The van der Waals surface area contributed by atoms with Crippen molar-refractivity contribution in [3.05, 3.63) is 34.9 Å². The van der Waals surface area contributed by atoms with Crippen LogP contribution in [-0.2, 0) is 4.79 Å². The third-order valence-corrected chi connectivity index (χ3v) is 2.91. The summed E-state index contributed by atoms with van der Waals surface area (Å²) in [7, 11) is 0. The van der Waals surface area contributed by atoms with Crippen LogP contribution in [0.1, 0.15) is 17.9 Å². The maximum absolute atomic E-state index is 11.6. The van der Waals surface area contributed by atoms with Gasteiger partial charge in [0.05, 0.1) is 5.92 Å². The maximum atomic E-state index is 11.6. The summed E-state index contributed by atoms with van der Waals surface area (Å²) in [6, 6.07) is 7.56. The first-order valence-electron chi connectivity index (χ1n) is 4.77. The Labute approximate surface area is 88.3 Å². The molecule has 0 spiro atoms. The molecule has 1 heterocycles. The molecule has 3 heteroatoms. The van der Waals surface area contributed by atoms with Crippen LogP contribution in [0.5, 0.6) is 0 Å². The number of nitrogens with one attached hydrogen (secondary N) is 1. The Bertz CT molecular complexity index is 351. The molecule has 0 aliphatic carbocycles. The molecule has 1 unspecified atom stereocenters. The summed E-state index contributed by atoms with van der Waals surface area (Å²) in [6.07, 6.45) is 0.607. The summed E-state index contributed by atoms with van der Waals surface area (Å²) >= 11 is 6.04. The van der Waals surface area contributed by atoms with Gasteiger partial charge in [-0.25, -0.2) is 0 Å². The highest BCUT2D eigenvalue weighted by molar-refractivity contribution is 6.31. The molecule has 1 N–H and O–H groups in total. The standard InChI is InChI=1S/C11H12ClNO/c12-10-4-2-1-3-8(10)9-7-13-6-5-11(9)14/h1-4,9,13H,5-7H2. The SMILES string of the molecule is O=C1CCNCC1c1ccccc1Cl. The first kappa shape index (κ1) is 9.69. The Morgan fingerprint density at radius 2 is 2.14 bits per heavy atom. The summed E-state index contributed by atoms with van der Waals surface area (Å²) in [5.41, 5.74) is 0.950. The van der Waals surface area contributed by atoms with E-state index in [0.717, 1.165) is 12.1 Å². The molecule has 1 saturated heterocycles. The van der Waals surface area contributed by atoms with Gasteiger partial charge in [-0.1, -0.05) is 29.8 Å². The Balaban J connectivity index is 2.29. The van der Waals surface area contributed by atoms with Gasteiger partial charge in [-0.05, 0) is 11.6 Å². The summed E-state index contributed by atoms with van der Waals surface area (Å²) in [4.78, 5) is 11.6. The Morgan fingerprint density at radius 3 is 2.86 bits per heavy atom. The first-order valence-corrected chi connectivity index (χ1v) is 5.14. The summed E-state index contributed by atoms with van der Waals surface area (Å²) in [5.74, 6) is 0.231.